The van der Waals surface area contributed by atoms with Crippen LogP contribution in [0, 0.1) is 6.92 Å². The highest BCUT2D eigenvalue weighted by molar-refractivity contribution is 5.60. The molecule has 1 aromatic rings. The second-order valence-corrected chi connectivity index (χ2v) is 5.28. The molecule has 2 nitrogen and oxygen atoms in total. The van der Waals surface area contributed by atoms with Crippen molar-refractivity contribution in [1.82, 2.24) is 4.90 Å². The van der Waals surface area contributed by atoms with Gasteiger partial charge < -0.3 is 5.32 Å². The molecule has 1 aliphatic rings. The van der Waals surface area contributed by atoms with E-state index >= 15 is 0 Å². The quantitative estimate of drug-likeness (QED) is 0.816. The number of rotatable bonds is 3. The van der Waals surface area contributed by atoms with E-state index in [2.05, 4.69) is 68.4 Å². The van der Waals surface area contributed by atoms with Crippen LogP contribution in [0.25, 0.3) is 0 Å². The summed E-state index contributed by atoms with van der Waals surface area (Å²) in [4.78, 5) is 2.43. The normalized spacial score (nSPS) is 20.1. The zero-order valence-electron chi connectivity index (χ0n) is 12.7. The van der Waals surface area contributed by atoms with Crippen LogP contribution >= 0.6 is 0 Å². The number of likely N-dealkylation sites (N-methyl/N-ethyl adjacent to an activating group) is 1. The maximum atomic E-state index is 4.14. The Labute approximate surface area is 122 Å². The lowest BCUT2D eigenvalue weighted by Crippen LogP contribution is -2.30. The standard InChI is InChI=1S/C18H24N2/c1-6-15(7-2)18-16-11-13(4)9-10-17(16)19-14(5)12-20(18)8-3/h6-7,9-11,18-19H,1,5,8,12H2,2-4H3/b15-7+. The molecular weight excluding hydrogens is 244 g/mol. The topological polar surface area (TPSA) is 15.3 Å². The average molecular weight is 268 g/mol. The first-order valence-electron chi connectivity index (χ1n) is 7.18. The van der Waals surface area contributed by atoms with Crippen LogP contribution in [0.4, 0.5) is 5.69 Å². The van der Waals surface area contributed by atoms with Crippen molar-refractivity contribution in [3.05, 3.63) is 65.9 Å². The number of hydrogen-bond donors (Lipinski definition) is 1. The van der Waals surface area contributed by atoms with Crippen molar-refractivity contribution in [2.24, 2.45) is 0 Å². The summed E-state index contributed by atoms with van der Waals surface area (Å²) in [6, 6.07) is 6.80. The molecule has 1 unspecified atom stereocenters. The number of fused-ring (bicyclic) bond motifs is 1. The van der Waals surface area contributed by atoms with Gasteiger partial charge in [-0.15, -0.1) is 0 Å². The zero-order valence-corrected chi connectivity index (χ0v) is 12.7. The number of anilines is 1. The molecule has 0 saturated carbocycles. The minimum Gasteiger partial charge on any atom is -0.358 e. The van der Waals surface area contributed by atoms with E-state index in [-0.39, 0.29) is 6.04 Å². The highest BCUT2D eigenvalue weighted by atomic mass is 15.2. The van der Waals surface area contributed by atoms with Crippen molar-refractivity contribution in [1.29, 1.82) is 0 Å². The van der Waals surface area contributed by atoms with Gasteiger partial charge >= 0.3 is 0 Å². The SMILES string of the molecule is C=C/C(=C\C)C1c2cc(C)ccc2NC(=C)CN1CC. The highest BCUT2D eigenvalue weighted by Crippen LogP contribution is 2.37. The Kier molecular flexibility index (Phi) is 4.46. The van der Waals surface area contributed by atoms with Crippen molar-refractivity contribution in [2.45, 2.75) is 26.8 Å². The van der Waals surface area contributed by atoms with E-state index in [1.165, 1.54) is 16.7 Å². The fraction of sp³-hybridized carbons (Fsp3) is 0.333. The van der Waals surface area contributed by atoms with Crippen LogP contribution in [0.2, 0.25) is 0 Å². The van der Waals surface area contributed by atoms with Gasteiger partial charge in [0.1, 0.15) is 0 Å². The molecule has 1 aliphatic heterocycles. The molecule has 2 heteroatoms. The molecule has 1 atom stereocenters. The molecule has 0 saturated heterocycles. The molecule has 2 rings (SSSR count). The van der Waals surface area contributed by atoms with Crippen LogP contribution in [-0.2, 0) is 0 Å². The van der Waals surface area contributed by atoms with Crippen molar-refractivity contribution < 1.29 is 0 Å². The van der Waals surface area contributed by atoms with Crippen molar-refractivity contribution >= 4 is 5.69 Å². The summed E-state index contributed by atoms with van der Waals surface area (Å²) in [7, 11) is 0. The van der Waals surface area contributed by atoms with Gasteiger partial charge in [-0.2, -0.15) is 0 Å². The zero-order chi connectivity index (χ0) is 14.7. The summed E-state index contributed by atoms with van der Waals surface area (Å²) >= 11 is 0. The maximum Gasteiger partial charge on any atom is 0.0622 e. The van der Waals surface area contributed by atoms with Gasteiger partial charge in [0.25, 0.3) is 0 Å². The molecule has 1 N–H and O–H groups in total. The van der Waals surface area contributed by atoms with Gasteiger partial charge in [0.15, 0.2) is 0 Å². The second kappa shape index (κ2) is 6.10. The van der Waals surface area contributed by atoms with Crippen LogP contribution in [0.3, 0.4) is 0 Å². The Balaban J connectivity index is 2.63. The molecular formula is C18H24N2. The summed E-state index contributed by atoms with van der Waals surface area (Å²) in [6.07, 6.45) is 4.12. The van der Waals surface area contributed by atoms with Gasteiger partial charge in [-0.25, -0.2) is 0 Å². The number of nitrogens with zero attached hydrogens (tertiary/aromatic N) is 1. The van der Waals surface area contributed by atoms with Gasteiger partial charge in [-0.3, -0.25) is 4.90 Å². The molecule has 1 aromatic carbocycles. The Morgan fingerprint density at radius 1 is 1.50 bits per heavy atom. The molecule has 0 radical (unpaired) electrons. The molecule has 0 amide bonds. The van der Waals surface area contributed by atoms with Crippen LogP contribution in [-0.4, -0.2) is 18.0 Å². The van der Waals surface area contributed by atoms with E-state index in [9.17, 15) is 0 Å². The first kappa shape index (κ1) is 14.6. The minimum atomic E-state index is 0.240. The average Bonchev–Trinajstić information content (AvgIpc) is 2.57. The largest absolute Gasteiger partial charge is 0.358 e. The van der Waals surface area contributed by atoms with Gasteiger partial charge in [0.2, 0.25) is 0 Å². The number of hydrogen-bond acceptors (Lipinski definition) is 2. The number of aryl methyl sites for hydroxylation is 1. The highest BCUT2D eigenvalue weighted by Gasteiger charge is 2.27. The lowest BCUT2D eigenvalue weighted by atomic mass is 9.94. The van der Waals surface area contributed by atoms with E-state index in [4.69, 9.17) is 0 Å². The van der Waals surface area contributed by atoms with Gasteiger partial charge in [-0.1, -0.05) is 49.9 Å². The van der Waals surface area contributed by atoms with E-state index in [0.717, 1.165) is 24.5 Å². The third-order valence-electron chi connectivity index (χ3n) is 3.86. The van der Waals surface area contributed by atoms with Crippen LogP contribution in [0.15, 0.2) is 54.8 Å². The summed E-state index contributed by atoms with van der Waals surface area (Å²) in [5, 5.41) is 3.45. The Morgan fingerprint density at radius 3 is 2.85 bits per heavy atom. The second-order valence-electron chi connectivity index (χ2n) is 5.28. The number of allylic oxidation sites excluding steroid dienone is 1. The van der Waals surface area contributed by atoms with Gasteiger partial charge in [0, 0.05) is 17.9 Å². The number of benzene rings is 1. The molecule has 0 aliphatic carbocycles. The molecule has 0 bridgehead atoms. The van der Waals surface area contributed by atoms with E-state index in [1.807, 2.05) is 6.08 Å². The van der Waals surface area contributed by atoms with Crippen LogP contribution < -0.4 is 5.32 Å². The fourth-order valence-electron chi connectivity index (χ4n) is 2.86. The predicted molar refractivity (Wildman–Crippen MR) is 87.9 cm³/mol. The van der Waals surface area contributed by atoms with Crippen LogP contribution in [0.5, 0.6) is 0 Å². The van der Waals surface area contributed by atoms with Crippen molar-refractivity contribution in [3.8, 4) is 0 Å². The predicted octanol–water partition coefficient (Wildman–Crippen LogP) is 4.43. The number of nitrogens with one attached hydrogen (secondary N) is 1. The molecule has 0 spiro atoms. The van der Waals surface area contributed by atoms with Crippen molar-refractivity contribution in [2.75, 3.05) is 18.4 Å². The summed E-state index contributed by atoms with van der Waals surface area (Å²) in [6.45, 7) is 16.4. The first-order valence-corrected chi connectivity index (χ1v) is 7.18. The van der Waals surface area contributed by atoms with Gasteiger partial charge in [0.05, 0.1) is 6.04 Å². The molecule has 20 heavy (non-hydrogen) atoms. The third-order valence-corrected chi connectivity index (χ3v) is 3.86. The van der Waals surface area contributed by atoms with Crippen molar-refractivity contribution in [3.63, 3.8) is 0 Å². The first-order chi connectivity index (χ1) is 9.60. The minimum absolute atomic E-state index is 0.240. The lowest BCUT2D eigenvalue weighted by Gasteiger charge is -2.30. The third kappa shape index (κ3) is 2.70. The fourth-order valence-corrected chi connectivity index (χ4v) is 2.86. The molecule has 1 heterocycles. The molecule has 0 aromatic heterocycles. The maximum absolute atomic E-state index is 4.14. The van der Waals surface area contributed by atoms with E-state index in [0.29, 0.717) is 0 Å². The monoisotopic (exact) mass is 268 g/mol. The summed E-state index contributed by atoms with van der Waals surface area (Å²) in [5.74, 6) is 0. The molecule has 106 valence electrons. The smallest absolute Gasteiger partial charge is 0.0622 e. The summed E-state index contributed by atoms with van der Waals surface area (Å²) < 4.78 is 0. The van der Waals surface area contributed by atoms with E-state index in [1.54, 1.807) is 0 Å². The Morgan fingerprint density at radius 2 is 2.25 bits per heavy atom. The van der Waals surface area contributed by atoms with E-state index < -0.39 is 0 Å². The Bertz CT molecular complexity index is 555. The molecule has 0 fully saturated rings. The van der Waals surface area contributed by atoms with Gasteiger partial charge in [-0.05, 0) is 37.6 Å². The Hall–Kier alpha value is -1.80. The van der Waals surface area contributed by atoms with Crippen LogP contribution in [0.1, 0.15) is 31.0 Å². The lowest BCUT2D eigenvalue weighted by molar-refractivity contribution is 0.262. The summed E-state index contributed by atoms with van der Waals surface area (Å²) in [5.41, 5.74) is 6.02.